The molecule has 70 heavy (non-hydrogen) atoms. The highest BCUT2D eigenvalue weighted by Gasteiger charge is 2.45. The Morgan fingerprint density at radius 2 is 1.36 bits per heavy atom. The van der Waals surface area contributed by atoms with Gasteiger partial charge in [0.15, 0.2) is 11.5 Å². The van der Waals surface area contributed by atoms with Gasteiger partial charge in [0.2, 0.25) is 47.6 Å². The van der Waals surface area contributed by atoms with Crippen LogP contribution in [-0.4, -0.2) is 178 Å². The first kappa shape index (κ1) is 52.5. The fourth-order valence-corrected chi connectivity index (χ4v) is 8.43. The molecule has 0 radical (unpaired) electrons. The van der Waals surface area contributed by atoms with E-state index >= 15 is 0 Å². The van der Waals surface area contributed by atoms with Gasteiger partial charge in [-0.2, -0.15) is 0 Å². The number of likely N-dealkylation sites (N-methyl/N-ethyl adjacent to an activating group) is 3. The van der Waals surface area contributed by atoms with Crippen molar-refractivity contribution in [1.82, 2.24) is 30.7 Å². The van der Waals surface area contributed by atoms with Gasteiger partial charge in [-0.15, -0.1) is 0 Å². The third-order valence-corrected chi connectivity index (χ3v) is 12.8. The molecule has 6 bridgehead atoms. The van der Waals surface area contributed by atoms with Crippen LogP contribution in [0.2, 0.25) is 0 Å². The molecule has 3 aromatic carbocycles. The number of methoxy groups -OCH3 is 1. The van der Waals surface area contributed by atoms with Crippen molar-refractivity contribution in [3.63, 3.8) is 0 Å². The number of ether oxygens (including phenoxy) is 4. The first-order valence-corrected chi connectivity index (χ1v) is 22.7. The van der Waals surface area contributed by atoms with E-state index in [4.69, 9.17) is 24.7 Å². The fraction of sp³-hybridized carbons (Fsp3) is 0.479. The Kier molecular flexibility index (Phi) is 17.0. The maximum absolute atomic E-state index is 15.0. The summed E-state index contributed by atoms with van der Waals surface area (Å²) in [6.07, 6.45) is -8.97. The minimum atomic E-state index is -1.76. The highest BCUT2D eigenvalue weighted by Crippen LogP contribution is 2.36. The van der Waals surface area contributed by atoms with Crippen LogP contribution in [0.3, 0.4) is 0 Å². The summed E-state index contributed by atoms with van der Waals surface area (Å²) < 4.78 is 23.1. The molecule has 2 saturated heterocycles. The molecule has 9 N–H and O–H groups in total. The smallest absolute Gasteiger partial charge is 0.246 e. The molecule has 0 aliphatic carbocycles. The monoisotopic (exact) mass is 975 g/mol. The molecule has 0 aromatic heterocycles. The van der Waals surface area contributed by atoms with E-state index in [9.17, 15) is 54.0 Å². The largest absolute Gasteiger partial charge is 0.497 e. The highest BCUT2D eigenvalue weighted by atomic mass is 16.7. The molecule has 7 rings (SSSR count). The number of rotatable bonds is 9. The van der Waals surface area contributed by atoms with Gasteiger partial charge in [0.05, 0.1) is 13.7 Å². The molecular weight excluding hydrogens is 915 g/mol. The van der Waals surface area contributed by atoms with Crippen molar-refractivity contribution in [2.24, 2.45) is 5.73 Å². The molecule has 378 valence electrons. The summed E-state index contributed by atoms with van der Waals surface area (Å²) in [6.45, 7) is 2.08. The van der Waals surface area contributed by atoms with E-state index < -0.39 is 115 Å². The zero-order chi connectivity index (χ0) is 51.1. The predicted molar refractivity (Wildman–Crippen MR) is 247 cm³/mol. The van der Waals surface area contributed by atoms with Crippen LogP contribution in [0.5, 0.6) is 23.0 Å². The molecule has 7 amide bonds. The Bertz CT molecular complexity index is 2400. The number of benzene rings is 3. The average Bonchev–Trinajstić information content (AvgIpc) is 3.34. The van der Waals surface area contributed by atoms with E-state index in [1.807, 2.05) is 0 Å². The van der Waals surface area contributed by atoms with Crippen LogP contribution < -0.4 is 35.9 Å². The molecule has 11 unspecified atom stereocenters. The van der Waals surface area contributed by atoms with Crippen molar-refractivity contribution >= 4 is 41.4 Å². The van der Waals surface area contributed by atoms with E-state index in [1.54, 1.807) is 48.5 Å². The summed E-state index contributed by atoms with van der Waals surface area (Å²) in [7, 11) is 5.61. The lowest BCUT2D eigenvalue weighted by Gasteiger charge is -2.39. The zero-order valence-electron chi connectivity index (χ0n) is 39.6. The van der Waals surface area contributed by atoms with Crippen molar-refractivity contribution in [2.75, 3.05) is 34.9 Å². The molecule has 4 aliphatic heterocycles. The number of nitrogens with two attached hydrogens (primary N) is 1. The Hall–Kier alpha value is -6.85. The molecule has 0 saturated carbocycles. The van der Waals surface area contributed by atoms with Gasteiger partial charge in [0.25, 0.3) is 0 Å². The summed E-state index contributed by atoms with van der Waals surface area (Å²) in [5.41, 5.74) is 7.01. The number of fused-ring (bicyclic) bond motifs is 2. The maximum atomic E-state index is 15.0. The molecule has 4 heterocycles. The molecule has 3 aromatic rings. The van der Waals surface area contributed by atoms with Gasteiger partial charge in [-0.1, -0.05) is 30.3 Å². The molecule has 0 spiro atoms. The minimum Gasteiger partial charge on any atom is -0.497 e. The van der Waals surface area contributed by atoms with Gasteiger partial charge in [0, 0.05) is 46.8 Å². The second kappa shape index (κ2) is 22.7. The first-order valence-electron chi connectivity index (χ1n) is 22.7. The van der Waals surface area contributed by atoms with Crippen LogP contribution >= 0.6 is 0 Å². The standard InChI is InChI=1S/C48H61N7O15/c1-24-42(61)52-31(16-18-38(49)57)46(65)53(3)32(19-26-7-12-29(67-6)13-8-26)44(63)51-25(2)45(64)55(5)34-20-27-9-14-30(15-10-27)68-36-22-28(21-33(43(62)50-24)54(4)47(34)66)11-17-35(36)69-48-41(60)40(59)39(58)37(23-56)70-48/h7-15,17,22,24-25,31-34,37,39-41,48,56,58-60H,16,18-21,23H2,1-6H3,(H2,49,57)(H,50,62)(H,51,63)(H,52,61). The lowest BCUT2D eigenvalue weighted by atomic mass is 9.98. The molecule has 22 heteroatoms. The number of nitrogens with zero attached hydrogens (tertiary/aromatic N) is 3. The highest BCUT2D eigenvalue weighted by molar-refractivity contribution is 5.98. The van der Waals surface area contributed by atoms with Crippen molar-refractivity contribution < 1.29 is 72.9 Å². The summed E-state index contributed by atoms with van der Waals surface area (Å²) >= 11 is 0. The molecule has 4 aliphatic rings. The molecule has 22 nitrogen and oxygen atoms in total. The lowest BCUT2D eigenvalue weighted by Crippen LogP contribution is -2.62. The van der Waals surface area contributed by atoms with E-state index in [2.05, 4.69) is 16.0 Å². The second-order valence-corrected chi connectivity index (χ2v) is 17.7. The summed E-state index contributed by atoms with van der Waals surface area (Å²) in [6, 6.07) is 9.74. The van der Waals surface area contributed by atoms with Gasteiger partial charge in [-0.05, 0) is 73.4 Å². The number of primary amides is 1. The second-order valence-electron chi connectivity index (χ2n) is 17.7. The van der Waals surface area contributed by atoms with Crippen LogP contribution in [-0.2, 0) is 57.6 Å². The van der Waals surface area contributed by atoms with E-state index in [1.165, 1.54) is 65.2 Å². The molecule has 2 fully saturated rings. The Morgan fingerprint density at radius 3 is 2.00 bits per heavy atom. The number of carbonyl (C=O) groups is 7. The number of nitrogens with one attached hydrogen (secondary N) is 3. The van der Waals surface area contributed by atoms with Crippen LogP contribution in [0.4, 0.5) is 0 Å². The fourth-order valence-electron chi connectivity index (χ4n) is 8.43. The number of hydrogen-bond donors (Lipinski definition) is 8. The van der Waals surface area contributed by atoms with Gasteiger partial charge in [-0.25, -0.2) is 0 Å². The van der Waals surface area contributed by atoms with Crippen LogP contribution in [0.15, 0.2) is 66.7 Å². The number of aliphatic hydroxyl groups excluding tert-OH is 4. The Morgan fingerprint density at radius 1 is 0.729 bits per heavy atom. The van der Waals surface area contributed by atoms with Gasteiger partial charge < -0.3 is 75.8 Å². The number of hydrogen-bond acceptors (Lipinski definition) is 15. The van der Waals surface area contributed by atoms with E-state index in [-0.39, 0.29) is 49.4 Å². The summed E-state index contributed by atoms with van der Waals surface area (Å²) in [5.74, 6) is -4.48. The topological polar surface area (TPSA) is 309 Å². The zero-order valence-corrected chi connectivity index (χ0v) is 39.6. The first-order chi connectivity index (χ1) is 33.2. The van der Waals surface area contributed by atoms with Gasteiger partial charge in [-0.3, -0.25) is 33.6 Å². The maximum Gasteiger partial charge on any atom is 0.246 e. The van der Waals surface area contributed by atoms with Gasteiger partial charge >= 0.3 is 0 Å². The third kappa shape index (κ3) is 12.1. The van der Waals surface area contributed by atoms with Crippen LogP contribution in [0.25, 0.3) is 0 Å². The Labute approximate surface area is 404 Å². The molecular formula is C48H61N7O15. The number of carbonyl (C=O) groups excluding carboxylic acids is 7. The normalized spacial score (nSPS) is 28.4. The van der Waals surface area contributed by atoms with Gasteiger partial charge in [0.1, 0.15) is 72.2 Å². The van der Waals surface area contributed by atoms with E-state index in [0.29, 0.717) is 22.4 Å². The van der Waals surface area contributed by atoms with Crippen molar-refractivity contribution in [3.05, 3.63) is 83.4 Å². The number of aliphatic hydroxyl groups is 4. The predicted octanol–water partition coefficient (Wildman–Crippen LogP) is -1.74. The Balaban J connectivity index is 1.41. The average molecular weight is 976 g/mol. The van der Waals surface area contributed by atoms with Crippen LogP contribution in [0, 0.1) is 0 Å². The summed E-state index contributed by atoms with van der Waals surface area (Å²) in [5, 5.41) is 49.3. The third-order valence-electron chi connectivity index (χ3n) is 12.8. The molecule has 11 atom stereocenters. The van der Waals surface area contributed by atoms with Crippen molar-refractivity contribution in [1.29, 1.82) is 0 Å². The SMILES string of the molecule is COc1ccc(CC2C(=O)NC(C)C(=O)N(C)C3Cc4ccc(cc4)Oc4cc(ccc4OC4OC(CO)C(O)C(O)C4O)CC(C(=O)NC(C)C(=O)NC(CCC(N)=O)C(=O)N2C)N(C)C3=O)cc1. The summed E-state index contributed by atoms with van der Waals surface area (Å²) in [4.78, 5) is 102. The van der Waals surface area contributed by atoms with E-state index in [0.717, 1.165) is 9.80 Å². The minimum absolute atomic E-state index is 0.0207. The van der Waals surface area contributed by atoms with Crippen molar-refractivity contribution in [2.45, 2.75) is 113 Å². The lowest BCUT2D eigenvalue weighted by molar-refractivity contribution is -0.277. The number of amides is 7. The van der Waals surface area contributed by atoms with Crippen molar-refractivity contribution in [3.8, 4) is 23.0 Å². The quantitative estimate of drug-likeness (QED) is 0.118. The van der Waals surface area contributed by atoms with Crippen LogP contribution in [0.1, 0.15) is 43.4 Å².